The zero-order valence-electron chi connectivity index (χ0n) is 12.8. The molecule has 0 aliphatic heterocycles. The first-order valence-corrected chi connectivity index (χ1v) is 7.54. The predicted molar refractivity (Wildman–Crippen MR) is 80.8 cm³/mol. The first kappa shape index (κ1) is 16.5. The topological polar surface area (TPSA) is 46.5 Å². The van der Waals surface area contributed by atoms with E-state index < -0.39 is 0 Å². The van der Waals surface area contributed by atoms with Gasteiger partial charge in [-0.2, -0.15) is 0 Å². The summed E-state index contributed by atoms with van der Waals surface area (Å²) in [6, 6.07) is 6.70. The van der Waals surface area contributed by atoms with Gasteiger partial charge in [-0.3, -0.25) is 4.79 Å². The molecule has 1 rings (SSSR count). The van der Waals surface area contributed by atoms with Gasteiger partial charge in [0, 0.05) is 0 Å². The van der Waals surface area contributed by atoms with E-state index in [0.717, 1.165) is 18.4 Å². The van der Waals surface area contributed by atoms with Crippen molar-refractivity contribution in [2.45, 2.75) is 52.4 Å². The van der Waals surface area contributed by atoms with Crippen molar-refractivity contribution >= 4 is 5.97 Å². The number of ether oxygens (including phenoxy) is 1. The number of esters is 1. The molecule has 20 heavy (non-hydrogen) atoms. The van der Waals surface area contributed by atoms with Crippen LogP contribution in [0.15, 0.2) is 24.3 Å². The number of unbranched alkanes of at least 4 members (excludes halogenated alkanes) is 1. The minimum absolute atomic E-state index is 0.189. The molecule has 0 saturated heterocycles. The maximum absolute atomic E-state index is 12.0. The Balaban J connectivity index is 2.47. The largest absolute Gasteiger partial charge is 0.508 e. The first-order chi connectivity index (χ1) is 9.58. The van der Waals surface area contributed by atoms with Gasteiger partial charge in [0.15, 0.2) is 0 Å². The van der Waals surface area contributed by atoms with Gasteiger partial charge in [0.2, 0.25) is 0 Å². The standard InChI is InChI=1S/C17H26O3/c1-4-6-7-14(5-2)12-20-17(19)13(3)15-8-10-16(18)11-9-15/h8-11,13-14,18H,4-7,12H2,1-3H3. The molecule has 112 valence electrons. The van der Waals surface area contributed by atoms with Gasteiger partial charge in [-0.1, -0.05) is 45.2 Å². The van der Waals surface area contributed by atoms with Crippen molar-refractivity contribution in [3.8, 4) is 5.75 Å². The predicted octanol–water partition coefficient (Wildman–Crippen LogP) is 4.26. The quantitative estimate of drug-likeness (QED) is 0.723. The number of phenols is 1. The fourth-order valence-corrected chi connectivity index (χ4v) is 2.12. The molecule has 0 aromatic heterocycles. The summed E-state index contributed by atoms with van der Waals surface area (Å²) >= 11 is 0. The highest BCUT2D eigenvalue weighted by molar-refractivity contribution is 5.77. The monoisotopic (exact) mass is 278 g/mol. The van der Waals surface area contributed by atoms with Gasteiger partial charge in [0.25, 0.3) is 0 Å². The Morgan fingerprint density at radius 1 is 1.25 bits per heavy atom. The van der Waals surface area contributed by atoms with Crippen LogP contribution in [0.1, 0.15) is 57.9 Å². The lowest BCUT2D eigenvalue weighted by atomic mass is 9.99. The number of carbonyl (C=O) groups is 1. The van der Waals surface area contributed by atoms with E-state index in [1.807, 2.05) is 6.92 Å². The van der Waals surface area contributed by atoms with E-state index in [-0.39, 0.29) is 17.6 Å². The van der Waals surface area contributed by atoms with Crippen LogP contribution in [-0.4, -0.2) is 17.7 Å². The lowest BCUT2D eigenvalue weighted by Gasteiger charge is -2.17. The molecular formula is C17H26O3. The molecular weight excluding hydrogens is 252 g/mol. The Morgan fingerprint density at radius 2 is 1.90 bits per heavy atom. The average molecular weight is 278 g/mol. The summed E-state index contributed by atoms with van der Waals surface area (Å²) in [5, 5.41) is 9.25. The zero-order chi connectivity index (χ0) is 15.0. The summed E-state index contributed by atoms with van der Waals surface area (Å²) in [4.78, 5) is 12.0. The molecule has 1 aromatic carbocycles. The molecule has 0 radical (unpaired) electrons. The minimum Gasteiger partial charge on any atom is -0.508 e. The molecule has 2 atom stereocenters. The van der Waals surface area contributed by atoms with Crippen LogP contribution in [-0.2, 0) is 9.53 Å². The molecule has 0 aliphatic carbocycles. The van der Waals surface area contributed by atoms with E-state index in [0.29, 0.717) is 12.5 Å². The highest BCUT2D eigenvalue weighted by Gasteiger charge is 2.18. The van der Waals surface area contributed by atoms with Crippen LogP contribution in [0.5, 0.6) is 5.75 Å². The fraction of sp³-hybridized carbons (Fsp3) is 0.588. The van der Waals surface area contributed by atoms with Crippen molar-refractivity contribution < 1.29 is 14.6 Å². The van der Waals surface area contributed by atoms with Crippen LogP contribution < -0.4 is 0 Å². The minimum atomic E-state index is -0.292. The third kappa shape index (κ3) is 5.24. The number of rotatable bonds is 8. The van der Waals surface area contributed by atoms with Crippen molar-refractivity contribution in [1.29, 1.82) is 0 Å². The van der Waals surface area contributed by atoms with Gasteiger partial charge in [-0.15, -0.1) is 0 Å². The van der Waals surface area contributed by atoms with Crippen molar-refractivity contribution in [2.24, 2.45) is 5.92 Å². The third-order valence-electron chi connectivity index (χ3n) is 3.75. The maximum atomic E-state index is 12.0. The number of carbonyl (C=O) groups excluding carboxylic acids is 1. The van der Waals surface area contributed by atoms with E-state index in [1.165, 1.54) is 12.8 Å². The zero-order valence-corrected chi connectivity index (χ0v) is 12.8. The molecule has 0 spiro atoms. The van der Waals surface area contributed by atoms with E-state index in [4.69, 9.17) is 4.74 Å². The fourth-order valence-electron chi connectivity index (χ4n) is 2.12. The molecule has 0 heterocycles. The van der Waals surface area contributed by atoms with E-state index in [2.05, 4.69) is 13.8 Å². The number of phenolic OH excluding ortho intramolecular Hbond substituents is 1. The lowest BCUT2D eigenvalue weighted by Crippen LogP contribution is -2.18. The van der Waals surface area contributed by atoms with Crippen molar-refractivity contribution in [3.05, 3.63) is 29.8 Å². The number of aromatic hydroxyl groups is 1. The Labute approximate surface area is 122 Å². The Morgan fingerprint density at radius 3 is 2.45 bits per heavy atom. The molecule has 0 saturated carbocycles. The molecule has 3 heteroatoms. The smallest absolute Gasteiger partial charge is 0.313 e. The van der Waals surface area contributed by atoms with Crippen molar-refractivity contribution in [2.75, 3.05) is 6.61 Å². The van der Waals surface area contributed by atoms with Crippen LogP contribution in [0.25, 0.3) is 0 Å². The Hall–Kier alpha value is -1.51. The molecule has 3 nitrogen and oxygen atoms in total. The van der Waals surface area contributed by atoms with Gasteiger partial charge in [0.05, 0.1) is 12.5 Å². The Kier molecular flexibility index (Phi) is 7.13. The average Bonchev–Trinajstić information content (AvgIpc) is 2.47. The maximum Gasteiger partial charge on any atom is 0.313 e. The summed E-state index contributed by atoms with van der Waals surface area (Å²) in [5.41, 5.74) is 0.870. The van der Waals surface area contributed by atoms with Crippen LogP contribution in [0.3, 0.4) is 0 Å². The molecule has 0 aliphatic rings. The van der Waals surface area contributed by atoms with Gasteiger partial charge in [-0.05, 0) is 37.0 Å². The molecule has 1 N–H and O–H groups in total. The second kappa shape index (κ2) is 8.62. The Bertz CT molecular complexity index is 397. The molecule has 0 fully saturated rings. The normalized spacial score (nSPS) is 13.8. The number of hydrogen-bond acceptors (Lipinski definition) is 3. The van der Waals surface area contributed by atoms with Crippen molar-refractivity contribution in [1.82, 2.24) is 0 Å². The second-order valence-corrected chi connectivity index (χ2v) is 5.36. The van der Waals surface area contributed by atoms with Crippen LogP contribution >= 0.6 is 0 Å². The summed E-state index contributed by atoms with van der Waals surface area (Å²) in [5.74, 6) is 0.191. The SMILES string of the molecule is CCCCC(CC)COC(=O)C(C)c1ccc(O)cc1. The van der Waals surface area contributed by atoms with Gasteiger partial charge < -0.3 is 9.84 Å². The van der Waals surface area contributed by atoms with Gasteiger partial charge in [-0.25, -0.2) is 0 Å². The van der Waals surface area contributed by atoms with E-state index >= 15 is 0 Å². The van der Waals surface area contributed by atoms with Crippen LogP contribution in [0, 0.1) is 5.92 Å². The van der Waals surface area contributed by atoms with Gasteiger partial charge >= 0.3 is 5.97 Å². The van der Waals surface area contributed by atoms with Crippen LogP contribution in [0.2, 0.25) is 0 Å². The van der Waals surface area contributed by atoms with E-state index in [9.17, 15) is 9.90 Å². The van der Waals surface area contributed by atoms with E-state index in [1.54, 1.807) is 24.3 Å². The highest BCUT2D eigenvalue weighted by atomic mass is 16.5. The molecule has 2 unspecified atom stereocenters. The highest BCUT2D eigenvalue weighted by Crippen LogP contribution is 2.21. The van der Waals surface area contributed by atoms with Crippen molar-refractivity contribution in [3.63, 3.8) is 0 Å². The second-order valence-electron chi connectivity index (χ2n) is 5.36. The molecule has 0 amide bonds. The first-order valence-electron chi connectivity index (χ1n) is 7.54. The lowest BCUT2D eigenvalue weighted by molar-refractivity contribution is -0.146. The molecule has 1 aromatic rings. The van der Waals surface area contributed by atoms with Crippen LogP contribution in [0.4, 0.5) is 0 Å². The third-order valence-corrected chi connectivity index (χ3v) is 3.75. The summed E-state index contributed by atoms with van der Waals surface area (Å²) < 4.78 is 5.44. The number of benzene rings is 1. The molecule has 0 bridgehead atoms. The van der Waals surface area contributed by atoms with Gasteiger partial charge in [0.1, 0.15) is 5.75 Å². The summed E-state index contributed by atoms with van der Waals surface area (Å²) in [6.07, 6.45) is 4.52. The number of hydrogen-bond donors (Lipinski definition) is 1. The summed E-state index contributed by atoms with van der Waals surface area (Å²) in [7, 11) is 0. The summed E-state index contributed by atoms with van der Waals surface area (Å²) in [6.45, 7) is 6.66.